The largest absolute Gasteiger partial charge is 0.396 e. The van der Waals surface area contributed by atoms with Crippen molar-refractivity contribution in [3.8, 4) is 0 Å². The van der Waals surface area contributed by atoms with E-state index in [9.17, 15) is 0 Å². The number of aryl methyl sites for hydroxylation is 2. The van der Waals surface area contributed by atoms with E-state index < -0.39 is 0 Å². The van der Waals surface area contributed by atoms with Crippen molar-refractivity contribution in [3.63, 3.8) is 0 Å². The molecule has 0 radical (unpaired) electrons. The first kappa shape index (κ1) is 13.8. The topological polar surface area (TPSA) is 50.9 Å². The number of aliphatic hydroxyl groups is 1. The summed E-state index contributed by atoms with van der Waals surface area (Å²) in [5, 5.41) is 9.07. The van der Waals surface area contributed by atoms with Crippen molar-refractivity contribution in [1.29, 1.82) is 0 Å². The molecule has 0 amide bonds. The van der Waals surface area contributed by atoms with Gasteiger partial charge in [-0.1, -0.05) is 24.3 Å². The maximum absolute atomic E-state index is 9.07. The summed E-state index contributed by atoms with van der Waals surface area (Å²) in [6.45, 7) is 3.07. The number of nitrogens with zero attached hydrogens (tertiary/aromatic N) is 3. The van der Waals surface area contributed by atoms with Crippen molar-refractivity contribution in [2.75, 3.05) is 6.61 Å². The summed E-state index contributed by atoms with van der Waals surface area (Å²) in [6.07, 6.45) is 3.28. The lowest BCUT2D eigenvalue weighted by molar-refractivity contribution is 0.287. The van der Waals surface area contributed by atoms with Crippen LogP contribution in [0, 0.1) is 6.92 Å². The van der Waals surface area contributed by atoms with Gasteiger partial charge in [-0.3, -0.25) is 0 Å². The van der Waals surface area contributed by atoms with E-state index in [-0.39, 0.29) is 6.61 Å². The zero-order valence-electron chi connectivity index (χ0n) is 12.2. The minimum Gasteiger partial charge on any atom is -0.396 e. The highest BCUT2D eigenvalue weighted by molar-refractivity contribution is 5.71. The van der Waals surface area contributed by atoms with Gasteiger partial charge in [-0.25, -0.2) is 9.97 Å². The Bertz CT molecular complexity index is 749. The molecule has 0 aliphatic carbocycles. The van der Waals surface area contributed by atoms with E-state index >= 15 is 0 Å². The lowest BCUT2D eigenvalue weighted by Crippen LogP contribution is -2.07. The number of aliphatic hydroxyl groups excluding tert-OH is 1. The lowest BCUT2D eigenvalue weighted by atomic mass is 10.1. The second-order valence-corrected chi connectivity index (χ2v) is 5.21. The Hall–Kier alpha value is -2.20. The van der Waals surface area contributed by atoms with E-state index in [1.165, 1.54) is 11.1 Å². The van der Waals surface area contributed by atoms with Crippen molar-refractivity contribution in [1.82, 2.24) is 14.5 Å². The number of benzene rings is 1. The van der Waals surface area contributed by atoms with E-state index in [1.54, 1.807) is 6.20 Å². The van der Waals surface area contributed by atoms with Crippen molar-refractivity contribution >= 4 is 11.2 Å². The number of imidazole rings is 1. The van der Waals surface area contributed by atoms with Gasteiger partial charge < -0.3 is 9.67 Å². The molecule has 21 heavy (non-hydrogen) atoms. The molecule has 0 aliphatic rings. The third kappa shape index (κ3) is 2.81. The van der Waals surface area contributed by atoms with Crippen LogP contribution in [0.3, 0.4) is 0 Å². The fourth-order valence-corrected chi connectivity index (χ4v) is 2.56. The molecule has 1 N–H and O–H groups in total. The molecule has 2 heterocycles. The summed E-state index contributed by atoms with van der Waals surface area (Å²) in [5.41, 5.74) is 4.36. The molecule has 0 unspecified atom stereocenters. The predicted octanol–water partition coefficient (Wildman–Crippen LogP) is 2.71. The van der Waals surface area contributed by atoms with E-state index in [1.807, 2.05) is 12.1 Å². The van der Waals surface area contributed by atoms with Crippen molar-refractivity contribution in [2.24, 2.45) is 0 Å². The van der Waals surface area contributed by atoms with Crippen molar-refractivity contribution in [2.45, 2.75) is 26.3 Å². The molecule has 0 saturated heterocycles. The van der Waals surface area contributed by atoms with Crippen LogP contribution in [0.25, 0.3) is 11.2 Å². The highest BCUT2D eigenvalue weighted by Gasteiger charge is 2.12. The summed E-state index contributed by atoms with van der Waals surface area (Å²) in [7, 11) is 0. The monoisotopic (exact) mass is 281 g/mol. The first-order valence-corrected chi connectivity index (χ1v) is 7.25. The molecule has 3 aromatic rings. The normalized spacial score (nSPS) is 11.1. The number of pyridine rings is 1. The van der Waals surface area contributed by atoms with Crippen LogP contribution in [0.4, 0.5) is 0 Å². The number of rotatable bonds is 5. The molecule has 2 aromatic heterocycles. The number of hydrogen-bond acceptors (Lipinski definition) is 3. The van der Waals surface area contributed by atoms with Gasteiger partial charge in [0.15, 0.2) is 5.65 Å². The molecule has 1 aromatic carbocycles. The Kier molecular flexibility index (Phi) is 3.97. The third-order valence-corrected chi connectivity index (χ3v) is 3.73. The molecule has 0 bridgehead atoms. The average molecular weight is 281 g/mol. The van der Waals surface area contributed by atoms with Crippen LogP contribution >= 0.6 is 0 Å². The quantitative estimate of drug-likeness (QED) is 0.782. The van der Waals surface area contributed by atoms with Gasteiger partial charge in [-0.05, 0) is 36.6 Å². The van der Waals surface area contributed by atoms with Crippen LogP contribution in [0.1, 0.15) is 23.4 Å². The Balaban J connectivity index is 2.04. The van der Waals surface area contributed by atoms with E-state index in [0.717, 1.165) is 36.4 Å². The number of fused-ring (bicyclic) bond motifs is 1. The summed E-state index contributed by atoms with van der Waals surface area (Å²) < 4.78 is 2.16. The van der Waals surface area contributed by atoms with Gasteiger partial charge in [0.1, 0.15) is 11.3 Å². The molecule has 108 valence electrons. The van der Waals surface area contributed by atoms with Crippen LogP contribution < -0.4 is 0 Å². The van der Waals surface area contributed by atoms with Crippen molar-refractivity contribution in [3.05, 3.63) is 59.5 Å². The highest BCUT2D eigenvalue weighted by atomic mass is 16.2. The fourth-order valence-electron chi connectivity index (χ4n) is 2.56. The smallest absolute Gasteiger partial charge is 0.160 e. The van der Waals surface area contributed by atoms with Crippen molar-refractivity contribution < 1.29 is 5.11 Å². The lowest BCUT2D eigenvalue weighted by Gasteiger charge is -2.10. The van der Waals surface area contributed by atoms with Gasteiger partial charge >= 0.3 is 0 Å². The first-order chi connectivity index (χ1) is 10.3. The predicted molar refractivity (Wildman–Crippen MR) is 83.2 cm³/mol. The second kappa shape index (κ2) is 6.06. The van der Waals surface area contributed by atoms with Crippen LogP contribution in [0.15, 0.2) is 42.6 Å². The molecule has 0 saturated carbocycles. The van der Waals surface area contributed by atoms with Gasteiger partial charge in [0, 0.05) is 19.2 Å². The maximum Gasteiger partial charge on any atom is 0.160 e. The number of aromatic nitrogens is 3. The van der Waals surface area contributed by atoms with Crippen LogP contribution in [-0.2, 0) is 13.0 Å². The van der Waals surface area contributed by atoms with Crippen LogP contribution in [0.5, 0.6) is 0 Å². The Labute approximate surface area is 124 Å². The third-order valence-electron chi connectivity index (χ3n) is 3.73. The highest BCUT2D eigenvalue weighted by Crippen LogP contribution is 2.18. The van der Waals surface area contributed by atoms with E-state index in [2.05, 4.69) is 45.7 Å². The zero-order valence-corrected chi connectivity index (χ0v) is 12.2. The molecule has 4 nitrogen and oxygen atoms in total. The van der Waals surface area contributed by atoms with E-state index in [0.29, 0.717) is 0 Å². The van der Waals surface area contributed by atoms with Gasteiger partial charge in [0.05, 0.1) is 6.54 Å². The molecular formula is C17H19N3O. The van der Waals surface area contributed by atoms with Crippen LogP contribution in [0.2, 0.25) is 0 Å². The Morgan fingerprint density at radius 1 is 1.14 bits per heavy atom. The summed E-state index contributed by atoms with van der Waals surface area (Å²) in [5.74, 6) is 0.987. The minimum atomic E-state index is 0.182. The Morgan fingerprint density at radius 3 is 2.81 bits per heavy atom. The summed E-state index contributed by atoms with van der Waals surface area (Å²) in [4.78, 5) is 9.14. The Morgan fingerprint density at radius 2 is 2.00 bits per heavy atom. The molecule has 0 aliphatic heterocycles. The zero-order chi connectivity index (χ0) is 14.7. The molecule has 3 rings (SSSR count). The number of hydrogen-bond donors (Lipinski definition) is 1. The molecular weight excluding hydrogens is 262 g/mol. The summed E-state index contributed by atoms with van der Waals surface area (Å²) >= 11 is 0. The molecule has 0 atom stereocenters. The molecule has 4 heteroatoms. The van der Waals surface area contributed by atoms with Gasteiger partial charge in [-0.15, -0.1) is 0 Å². The second-order valence-electron chi connectivity index (χ2n) is 5.21. The standard InChI is InChI=1S/C17H19N3O/c1-13-6-2-3-7-14(13)12-20-16(9-5-11-21)19-15-8-4-10-18-17(15)20/h2-4,6-8,10,21H,5,9,11-12H2,1H3. The van der Waals surface area contributed by atoms with Crippen LogP contribution in [-0.4, -0.2) is 26.2 Å². The van der Waals surface area contributed by atoms with Gasteiger partial charge in [-0.2, -0.15) is 0 Å². The SMILES string of the molecule is Cc1ccccc1Cn1c(CCCO)nc2cccnc21. The maximum atomic E-state index is 9.07. The van der Waals surface area contributed by atoms with Gasteiger partial charge in [0.2, 0.25) is 0 Å². The van der Waals surface area contributed by atoms with E-state index in [4.69, 9.17) is 5.11 Å². The average Bonchev–Trinajstić information content (AvgIpc) is 2.85. The molecule has 0 fully saturated rings. The minimum absolute atomic E-state index is 0.182. The van der Waals surface area contributed by atoms with Gasteiger partial charge in [0.25, 0.3) is 0 Å². The molecule has 0 spiro atoms. The fraction of sp³-hybridized carbons (Fsp3) is 0.294. The summed E-state index contributed by atoms with van der Waals surface area (Å²) in [6, 6.07) is 12.3. The first-order valence-electron chi connectivity index (χ1n) is 7.25.